The smallest absolute Gasteiger partial charge is 0.255 e. The number of aromatic amines is 1. The number of nitrogens with zero attached hydrogens (tertiary/aromatic N) is 3. The van der Waals surface area contributed by atoms with E-state index in [1.807, 2.05) is 0 Å². The van der Waals surface area contributed by atoms with Gasteiger partial charge in [-0.2, -0.15) is 0 Å². The molecule has 1 amide bonds. The number of rotatable bonds is 3. The average Bonchev–Trinajstić information content (AvgIpc) is 3.27. The molecular formula is C19H19FN4O4. The predicted octanol–water partition coefficient (Wildman–Crippen LogP) is 2.27. The van der Waals surface area contributed by atoms with Gasteiger partial charge in [0, 0.05) is 38.5 Å². The van der Waals surface area contributed by atoms with Crippen LogP contribution in [0, 0.1) is 19.7 Å². The van der Waals surface area contributed by atoms with E-state index < -0.39 is 23.3 Å². The van der Waals surface area contributed by atoms with E-state index in [4.69, 9.17) is 9.15 Å². The van der Waals surface area contributed by atoms with Crippen molar-refractivity contribution in [1.29, 1.82) is 0 Å². The fraction of sp³-hybridized carbons (Fsp3) is 0.368. The molecule has 1 saturated heterocycles. The largest absolute Gasteiger partial charge is 0.423 e. The van der Waals surface area contributed by atoms with Gasteiger partial charge in [-0.3, -0.25) is 9.59 Å². The second-order valence-corrected chi connectivity index (χ2v) is 6.94. The van der Waals surface area contributed by atoms with Gasteiger partial charge in [0.1, 0.15) is 11.9 Å². The summed E-state index contributed by atoms with van der Waals surface area (Å²) in [4.78, 5) is 29.5. The molecule has 1 fully saturated rings. The summed E-state index contributed by atoms with van der Waals surface area (Å²) in [5, 5.41) is 8.22. The van der Waals surface area contributed by atoms with E-state index >= 15 is 0 Å². The van der Waals surface area contributed by atoms with E-state index in [9.17, 15) is 14.0 Å². The van der Waals surface area contributed by atoms with Gasteiger partial charge in [0.15, 0.2) is 0 Å². The van der Waals surface area contributed by atoms with Gasteiger partial charge in [-0.05, 0) is 24.6 Å². The van der Waals surface area contributed by atoms with Gasteiger partial charge < -0.3 is 19.0 Å². The number of hydrogen-bond acceptors (Lipinski definition) is 6. The van der Waals surface area contributed by atoms with Crippen LogP contribution in [0.4, 0.5) is 4.39 Å². The molecular weight excluding hydrogens is 367 g/mol. The number of carbonyl (C=O) groups is 1. The number of nitrogens with one attached hydrogen (secondary N) is 1. The highest BCUT2D eigenvalue weighted by Gasteiger charge is 2.40. The Labute approximate surface area is 159 Å². The molecule has 0 bridgehead atoms. The van der Waals surface area contributed by atoms with E-state index in [1.54, 1.807) is 27.0 Å². The lowest BCUT2D eigenvalue weighted by Gasteiger charge is -2.22. The normalized spacial score (nSPS) is 19.5. The molecule has 8 nitrogen and oxygen atoms in total. The molecule has 0 aliphatic carbocycles. The first-order valence-electron chi connectivity index (χ1n) is 8.84. The molecule has 4 rings (SSSR count). The van der Waals surface area contributed by atoms with Crippen molar-refractivity contribution in [2.75, 3.05) is 13.7 Å². The van der Waals surface area contributed by atoms with Crippen molar-refractivity contribution in [3.63, 3.8) is 0 Å². The third-order valence-electron chi connectivity index (χ3n) is 4.96. The monoisotopic (exact) mass is 386 g/mol. The first-order chi connectivity index (χ1) is 13.4. The molecule has 0 saturated carbocycles. The first-order valence-corrected chi connectivity index (χ1v) is 8.84. The summed E-state index contributed by atoms with van der Waals surface area (Å²) < 4.78 is 25.3. The minimum absolute atomic E-state index is 0.00845. The summed E-state index contributed by atoms with van der Waals surface area (Å²) in [6.07, 6.45) is 0.270. The third kappa shape index (κ3) is 3.07. The van der Waals surface area contributed by atoms with Crippen LogP contribution in [0.5, 0.6) is 0 Å². The molecule has 2 aromatic heterocycles. The van der Waals surface area contributed by atoms with Crippen molar-refractivity contribution in [3.05, 3.63) is 57.3 Å². The van der Waals surface area contributed by atoms with E-state index in [0.29, 0.717) is 35.7 Å². The number of carbonyl (C=O) groups excluding carboxylic acids is 1. The molecule has 0 spiro atoms. The molecule has 28 heavy (non-hydrogen) atoms. The maximum absolute atomic E-state index is 14.4. The number of amides is 1. The Morgan fingerprint density at radius 3 is 2.79 bits per heavy atom. The lowest BCUT2D eigenvalue weighted by Crippen LogP contribution is -2.33. The predicted molar refractivity (Wildman–Crippen MR) is 97.5 cm³/mol. The van der Waals surface area contributed by atoms with E-state index in [0.717, 1.165) is 0 Å². The molecule has 0 radical (unpaired) electrons. The molecule has 9 heteroatoms. The highest BCUT2D eigenvalue weighted by atomic mass is 19.1. The number of hydrogen-bond donors (Lipinski definition) is 1. The van der Waals surface area contributed by atoms with Crippen LogP contribution < -0.4 is 5.56 Å². The molecule has 3 heterocycles. The Balaban J connectivity index is 1.82. The lowest BCUT2D eigenvalue weighted by molar-refractivity contribution is 0.0675. The SMILES string of the molecule is CO[C@@H]1C[C@H](c2nnc(C)o2)N(C(=O)c2cc(=O)[nH]c3c(F)cc(C)cc23)C1. The summed E-state index contributed by atoms with van der Waals surface area (Å²) in [5.41, 5.74) is 0.228. The number of ether oxygens (including phenoxy) is 1. The second kappa shape index (κ2) is 6.83. The Hall–Kier alpha value is -3.07. The van der Waals surface area contributed by atoms with Crippen molar-refractivity contribution < 1.29 is 18.3 Å². The summed E-state index contributed by atoms with van der Waals surface area (Å²) in [5.74, 6) is -0.298. The lowest BCUT2D eigenvalue weighted by atomic mass is 10.0. The Morgan fingerprint density at radius 1 is 1.32 bits per heavy atom. The maximum atomic E-state index is 14.4. The quantitative estimate of drug-likeness (QED) is 0.741. The third-order valence-corrected chi connectivity index (χ3v) is 4.96. The Kier molecular flexibility index (Phi) is 4.46. The number of pyridine rings is 1. The topological polar surface area (TPSA) is 101 Å². The van der Waals surface area contributed by atoms with Gasteiger partial charge in [-0.25, -0.2) is 4.39 Å². The molecule has 1 aromatic carbocycles. The van der Waals surface area contributed by atoms with Gasteiger partial charge in [-0.15, -0.1) is 10.2 Å². The number of likely N-dealkylation sites (tertiary alicyclic amines) is 1. The number of halogens is 1. The van der Waals surface area contributed by atoms with Gasteiger partial charge >= 0.3 is 0 Å². The second-order valence-electron chi connectivity index (χ2n) is 6.94. The minimum Gasteiger partial charge on any atom is -0.423 e. The Morgan fingerprint density at radius 2 is 2.11 bits per heavy atom. The van der Waals surface area contributed by atoms with Gasteiger partial charge in [0.25, 0.3) is 5.91 Å². The van der Waals surface area contributed by atoms with Gasteiger partial charge in [0.05, 0.1) is 17.2 Å². The van der Waals surface area contributed by atoms with Crippen molar-refractivity contribution in [3.8, 4) is 0 Å². The molecule has 146 valence electrons. The fourth-order valence-electron chi connectivity index (χ4n) is 3.65. The standard InChI is InChI=1S/C19H19FN4O4/c1-9-4-12-13(7-16(25)21-17(12)14(20)5-9)19(26)24-8-11(27-3)6-15(24)18-23-22-10(2)28-18/h4-5,7,11,15H,6,8H2,1-3H3,(H,21,25)/t11-,15-/m1/s1. The number of aryl methyl sites for hydroxylation is 2. The number of benzene rings is 1. The van der Waals surface area contributed by atoms with Crippen LogP contribution >= 0.6 is 0 Å². The van der Waals surface area contributed by atoms with Crippen LogP contribution in [0.2, 0.25) is 0 Å². The minimum atomic E-state index is -0.581. The zero-order valence-corrected chi connectivity index (χ0v) is 15.7. The summed E-state index contributed by atoms with van der Waals surface area (Å²) in [6, 6.07) is 3.70. The zero-order valence-electron chi connectivity index (χ0n) is 15.7. The van der Waals surface area contributed by atoms with Crippen LogP contribution in [-0.2, 0) is 4.74 Å². The number of aromatic nitrogens is 3. The fourth-order valence-corrected chi connectivity index (χ4v) is 3.65. The van der Waals surface area contributed by atoms with Crippen LogP contribution in [0.15, 0.2) is 27.4 Å². The van der Waals surface area contributed by atoms with Crippen molar-refractivity contribution in [1.82, 2.24) is 20.1 Å². The molecule has 3 aromatic rings. The zero-order chi connectivity index (χ0) is 20.0. The average molecular weight is 386 g/mol. The van der Waals surface area contributed by atoms with Crippen LogP contribution in [0.25, 0.3) is 10.9 Å². The van der Waals surface area contributed by atoms with Crippen LogP contribution in [0.3, 0.4) is 0 Å². The molecule has 2 atom stereocenters. The molecule has 1 aliphatic rings. The Bertz CT molecular complexity index is 1120. The van der Waals surface area contributed by atoms with E-state index in [1.165, 1.54) is 17.0 Å². The number of fused-ring (bicyclic) bond motifs is 1. The van der Waals surface area contributed by atoms with Gasteiger partial charge in [-0.1, -0.05) is 0 Å². The van der Waals surface area contributed by atoms with E-state index in [2.05, 4.69) is 15.2 Å². The molecule has 1 aliphatic heterocycles. The van der Waals surface area contributed by atoms with Crippen molar-refractivity contribution in [2.24, 2.45) is 0 Å². The highest BCUT2D eigenvalue weighted by Crippen LogP contribution is 2.34. The van der Waals surface area contributed by atoms with Crippen LogP contribution in [0.1, 0.15) is 40.2 Å². The first kappa shape index (κ1) is 18.3. The summed E-state index contributed by atoms with van der Waals surface area (Å²) in [7, 11) is 1.57. The van der Waals surface area contributed by atoms with E-state index in [-0.39, 0.29) is 17.2 Å². The maximum Gasteiger partial charge on any atom is 0.255 e. The molecule has 0 unspecified atom stereocenters. The molecule has 1 N–H and O–H groups in total. The number of methoxy groups -OCH3 is 1. The van der Waals surface area contributed by atoms with Crippen molar-refractivity contribution in [2.45, 2.75) is 32.4 Å². The van der Waals surface area contributed by atoms with Gasteiger partial charge in [0.2, 0.25) is 17.3 Å². The highest BCUT2D eigenvalue weighted by molar-refractivity contribution is 6.06. The van der Waals surface area contributed by atoms with Crippen LogP contribution in [-0.4, -0.2) is 45.7 Å². The number of H-pyrrole nitrogens is 1. The summed E-state index contributed by atoms with van der Waals surface area (Å²) >= 11 is 0. The summed E-state index contributed by atoms with van der Waals surface area (Å²) in [6.45, 7) is 3.69. The van der Waals surface area contributed by atoms with Crippen molar-refractivity contribution >= 4 is 16.8 Å².